The summed E-state index contributed by atoms with van der Waals surface area (Å²) in [5.74, 6) is -0.523. The number of aromatic amines is 1. The molecular weight excluding hydrogens is 467 g/mol. The zero-order valence-electron chi connectivity index (χ0n) is 18.9. The molecule has 0 atom stereocenters. The minimum Gasteiger partial charge on any atom is -0.345 e. The number of H-pyrrole nitrogens is 1. The maximum Gasteiger partial charge on any atom is 0.282 e. The molecular formula is C25H23FN6O2S. The first-order valence-corrected chi connectivity index (χ1v) is 12.4. The van der Waals surface area contributed by atoms with Gasteiger partial charge < -0.3 is 14.8 Å². The highest BCUT2D eigenvalue weighted by molar-refractivity contribution is 7.11. The number of hydrogen-bond donors (Lipinski definition) is 1. The number of hydrogen-bond acceptors (Lipinski definition) is 6. The molecule has 0 bridgehead atoms. The van der Waals surface area contributed by atoms with Gasteiger partial charge in [-0.15, -0.1) is 11.3 Å². The van der Waals surface area contributed by atoms with Crippen molar-refractivity contribution < 1.29 is 14.0 Å². The second kappa shape index (κ2) is 8.86. The Morgan fingerprint density at radius 3 is 2.51 bits per heavy atom. The van der Waals surface area contributed by atoms with Crippen LogP contribution in [0.5, 0.6) is 0 Å². The van der Waals surface area contributed by atoms with Crippen LogP contribution >= 0.6 is 11.3 Å². The summed E-state index contributed by atoms with van der Waals surface area (Å²) in [6, 6.07) is 10.3. The molecule has 0 unspecified atom stereocenters. The second-order valence-electron chi connectivity index (χ2n) is 8.80. The van der Waals surface area contributed by atoms with E-state index in [1.165, 1.54) is 17.4 Å². The molecule has 2 amide bonds. The molecule has 4 heterocycles. The Morgan fingerprint density at radius 2 is 1.77 bits per heavy atom. The zero-order chi connectivity index (χ0) is 23.9. The van der Waals surface area contributed by atoms with E-state index in [1.54, 1.807) is 41.7 Å². The van der Waals surface area contributed by atoms with Crippen LogP contribution in [0.25, 0.3) is 22.2 Å². The van der Waals surface area contributed by atoms with Gasteiger partial charge in [-0.25, -0.2) is 14.4 Å². The number of imidazole rings is 1. The molecule has 0 saturated carbocycles. The summed E-state index contributed by atoms with van der Waals surface area (Å²) in [5.41, 5.74) is 2.67. The van der Waals surface area contributed by atoms with Gasteiger partial charge in [-0.05, 0) is 18.2 Å². The predicted molar refractivity (Wildman–Crippen MR) is 131 cm³/mol. The van der Waals surface area contributed by atoms with E-state index in [0.717, 1.165) is 18.6 Å². The van der Waals surface area contributed by atoms with Crippen LogP contribution in [-0.4, -0.2) is 86.8 Å². The molecule has 4 aromatic rings. The van der Waals surface area contributed by atoms with E-state index in [2.05, 4.69) is 19.9 Å². The van der Waals surface area contributed by atoms with Crippen LogP contribution in [0.4, 0.5) is 4.39 Å². The Hall–Kier alpha value is -3.63. The van der Waals surface area contributed by atoms with Crippen molar-refractivity contribution in [2.45, 2.75) is 6.04 Å². The van der Waals surface area contributed by atoms with E-state index in [-0.39, 0.29) is 23.7 Å². The van der Waals surface area contributed by atoms with Crippen molar-refractivity contribution in [3.63, 3.8) is 0 Å². The number of carbonyl (C=O) groups excluding carboxylic acids is 2. The summed E-state index contributed by atoms with van der Waals surface area (Å²) in [6.45, 7) is 4.04. The lowest BCUT2D eigenvalue weighted by molar-refractivity contribution is 0.00858. The molecule has 2 fully saturated rings. The van der Waals surface area contributed by atoms with Crippen molar-refractivity contribution in [1.82, 2.24) is 29.7 Å². The number of carbonyl (C=O) groups is 2. The Kier molecular flexibility index (Phi) is 5.54. The fourth-order valence-corrected chi connectivity index (χ4v) is 5.50. The first-order chi connectivity index (χ1) is 17.1. The zero-order valence-corrected chi connectivity index (χ0v) is 19.7. The largest absolute Gasteiger partial charge is 0.345 e. The SMILES string of the molecule is O=C(c1nccs1)N1CCN(C2CN(C(=O)c3ccc4[nH]cnc4c3-c3ccccc3F)C2)CC1. The fourth-order valence-electron chi connectivity index (χ4n) is 4.90. The maximum absolute atomic E-state index is 14.7. The molecule has 0 radical (unpaired) electrons. The van der Waals surface area contributed by atoms with Gasteiger partial charge in [0.05, 0.1) is 17.4 Å². The fraction of sp³-hybridized carbons (Fsp3) is 0.280. The van der Waals surface area contributed by atoms with Crippen LogP contribution in [0.2, 0.25) is 0 Å². The van der Waals surface area contributed by atoms with Crippen molar-refractivity contribution in [3.05, 3.63) is 70.7 Å². The minimum atomic E-state index is -0.385. The Balaban J connectivity index is 1.15. The monoisotopic (exact) mass is 490 g/mol. The molecule has 0 aliphatic carbocycles. The van der Waals surface area contributed by atoms with E-state index >= 15 is 0 Å². The molecule has 1 N–H and O–H groups in total. The van der Waals surface area contributed by atoms with E-state index in [9.17, 15) is 14.0 Å². The number of aromatic nitrogens is 3. The number of rotatable bonds is 4. The van der Waals surface area contributed by atoms with E-state index in [4.69, 9.17) is 0 Å². The average molecular weight is 491 g/mol. The standard InChI is InChI=1S/C25H23FN6O2S/c26-19-4-2-1-3-17(19)21-18(5-6-20-22(21)29-15-28-20)24(33)32-13-16(14-32)30-8-10-31(11-9-30)25(34)23-27-7-12-35-23/h1-7,12,15-16H,8-11,13-14H2,(H,28,29). The number of halogens is 1. The van der Waals surface area contributed by atoms with Crippen LogP contribution < -0.4 is 0 Å². The molecule has 8 nitrogen and oxygen atoms in total. The Labute approximate surface area is 205 Å². The predicted octanol–water partition coefficient (Wildman–Crippen LogP) is 3.11. The molecule has 2 aromatic heterocycles. The maximum atomic E-state index is 14.7. The van der Waals surface area contributed by atoms with Crippen LogP contribution in [0.15, 0.2) is 54.3 Å². The number of nitrogens with zero attached hydrogens (tertiary/aromatic N) is 5. The summed E-state index contributed by atoms with van der Waals surface area (Å²) in [7, 11) is 0. The molecule has 2 aliphatic heterocycles. The normalized spacial score (nSPS) is 17.1. The van der Waals surface area contributed by atoms with E-state index in [0.29, 0.717) is 53.4 Å². The van der Waals surface area contributed by atoms with Crippen molar-refractivity contribution >= 4 is 34.2 Å². The lowest BCUT2D eigenvalue weighted by atomic mass is 9.95. The number of thiazole rings is 1. The third kappa shape index (κ3) is 3.88. The van der Waals surface area contributed by atoms with E-state index in [1.807, 2.05) is 16.3 Å². The molecule has 6 rings (SSSR count). The Morgan fingerprint density at radius 1 is 0.971 bits per heavy atom. The van der Waals surface area contributed by atoms with Gasteiger partial charge in [-0.3, -0.25) is 14.5 Å². The molecule has 2 aromatic carbocycles. The number of likely N-dealkylation sites (tertiary alicyclic amines) is 1. The van der Waals surface area contributed by atoms with Gasteiger partial charge in [0.1, 0.15) is 5.82 Å². The highest BCUT2D eigenvalue weighted by Gasteiger charge is 2.38. The van der Waals surface area contributed by atoms with Crippen LogP contribution in [0.3, 0.4) is 0 Å². The smallest absolute Gasteiger partial charge is 0.282 e. The first kappa shape index (κ1) is 21.9. The van der Waals surface area contributed by atoms with Gasteiger partial charge in [-0.1, -0.05) is 18.2 Å². The third-order valence-electron chi connectivity index (χ3n) is 6.85. The second-order valence-corrected chi connectivity index (χ2v) is 9.69. The van der Waals surface area contributed by atoms with Gasteiger partial charge in [0.2, 0.25) is 0 Å². The first-order valence-electron chi connectivity index (χ1n) is 11.5. The minimum absolute atomic E-state index is 0.0144. The summed E-state index contributed by atoms with van der Waals surface area (Å²) in [5, 5.41) is 2.34. The lowest BCUT2D eigenvalue weighted by Crippen LogP contribution is -2.64. The van der Waals surface area contributed by atoms with E-state index < -0.39 is 0 Å². The van der Waals surface area contributed by atoms with Crippen LogP contribution in [-0.2, 0) is 0 Å². The van der Waals surface area contributed by atoms with Crippen molar-refractivity contribution in [2.75, 3.05) is 39.3 Å². The van der Waals surface area contributed by atoms with Gasteiger partial charge >= 0.3 is 0 Å². The molecule has 35 heavy (non-hydrogen) atoms. The molecule has 178 valence electrons. The Bertz CT molecular complexity index is 1390. The molecule has 0 spiro atoms. The van der Waals surface area contributed by atoms with Crippen LogP contribution in [0, 0.1) is 5.82 Å². The number of piperazine rings is 1. The van der Waals surface area contributed by atoms with Gasteiger partial charge in [0, 0.05) is 73.6 Å². The highest BCUT2D eigenvalue weighted by atomic mass is 32.1. The van der Waals surface area contributed by atoms with Crippen LogP contribution in [0.1, 0.15) is 20.2 Å². The summed E-state index contributed by atoms with van der Waals surface area (Å²) in [4.78, 5) is 43.5. The van der Waals surface area contributed by atoms with Crippen molar-refractivity contribution in [3.8, 4) is 11.1 Å². The summed E-state index contributed by atoms with van der Waals surface area (Å²) < 4.78 is 14.7. The number of amides is 2. The van der Waals surface area contributed by atoms with Crippen molar-refractivity contribution in [2.24, 2.45) is 0 Å². The van der Waals surface area contributed by atoms with Gasteiger partial charge in [0.25, 0.3) is 11.8 Å². The quantitative estimate of drug-likeness (QED) is 0.475. The van der Waals surface area contributed by atoms with Gasteiger partial charge in [-0.2, -0.15) is 0 Å². The topological polar surface area (TPSA) is 85.4 Å². The number of benzene rings is 2. The van der Waals surface area contributed by atoms with Crippen molar-refractivity contribution in [1.29, 1.82) is 0 Å². The number of fused-ring (bicyclic) bond motifs is 1. The number of nitrogens with one attached hydrogen (secondary N) is 1. The molecule has 2 aliphatic rings. The van der Waals surface area contributed by atoms with Gasteiger partial charge in [0.15, 0.2) is 5.01 Å². The average Bonchev–Trinajstić information content (AvgIpc) is 3.55. The third-order valence-corrected chi connectivity index (χ3v) is 7.61. The summed E-state index contributed by atoms with van der Waals surface area (Å²) >= 11 is 1.36. The summed E-state index contributed by atoms with van der Waals surface area (Å²) in [6.07, 6.45) is 3.21. The molecule has 2 saturated heterocycles. The molecule has 10 heteroatoms. The lowest BCUT2D eigenvalue weighted by Gasteiger charge is -2.48. The highest BCUT2D eigenvalue weighted by Crippen LogP contribution is 2.34.